The third-order valence-corrected chi connectivity index (χ3v) is 3.76. The number of hydrogen-bond donors (Lipinski definition) is 3. The molecule has 1 aliphatic carbocycles. The molecule has 6 nitrogen and oxygen atoms in total. The number of benzene rings is 1. The molecule has 0 bridgehead atoms. The Bertz CT molecular complexity index is 518. The van der Waals surface area contributed by atoms with E-state index in [0.29, 0.717) is 31.6 Å². The Labute approximate surface area is 144 Å². The molecule has 134 valence electrons. The molecule has 1 aromatic rings. The van der Waals surface area contributed by atoms with Crippen LogP contribution in [-0.2, 0) is 11.3 Å². The normalized spacial score (nSPS) is 15.9. The lowest BCUT2D eigenvalue weighted by atomic mass is 10.2. The van der Waals surface area contributed by atoms with Crippen molar-refractivity contribution in [2.75, 3.05) is 33.4 Å². The molecule has 1 atom stereocenters. The van der Waals surface area contributed by atoms with E-state index < -0.39 is 6.10 Å². The number of guanidine groups is 1. The molecule has 1 aromatic carbocycles. The summed E-state index contributed by atoms with van der Waals surface area (Å²) in [5.41, 5.74) is 1.07. The zero-order valence-corrected chi connectivity index (χ0v) is 14.6. The van der Waals surface area contributed by atoms with E-state index >= 15 is 0 Å². The van der Waals surface area contributed by atoms with Crippen LogP contribution in [0.4, 0.5) is 0 Å². The van der Waals surface area contributed by atoms with Crippen LogP contribution in [0.2, 0.25) is 0 Å². The van der Waals surface area contributed by atoms with Gasteiger partial charge < -0.3 is 25.2 Å². The number of ether oxygens (including phenoxy) is 2. The van der Waals surface area contributed by atoms with Crippen molar-refractivity contribution in [3.05, 3.63) is 29.8 Å². The minimum absolute atomic E-state index is 0.360. The van der Waals surface area contributed by atoms with Crippen molar-refractivity contribution in [1.29, 1.82) is 0 Å². The fourth-order valence-electron chi connectivity index (χ4n) is 2.21. The number of aliphatic hydroxyl groups is 1. The summed E-state index contributed by atoms with van der Waals surface area (Å²) in [5, 5.41) is 16.3. The molecule has 0 spiro atoms. The first-order chi connectivity index (χ1) is 11.7. The Morgan fingerprint density at radius 1 is 1.38 bits per heavy atom. The number of nitrogens with one attached hydrogen (secondary N) is 2. The zero-order chi connectivity index (χ0) is 17.2. The van der Waals surface area contributed by atoms with E-state index in [1.807, 2.05) is 31.2 Å². The second-order valence-electron chi connectivity index (χ2n) is 6.06. The van der Waals surface area contributed by atoms with E-state index in [1.165, 1.54) is 12.8 Å². The van der Waals surface area contributed by atoms with Crippen LogP contribution in [0.15, 0.2) is 29.3 Å². The van der Waals surface area contributed by atoms with E-state index in [-0.39, 0.29) is 0 Å². The molecule has 1 aliphatic rings. The fraction of sp³-hybridized carbons (Fsp3) is 0.611. The molecule has 0 aliphatic heterocycles. The molecule has 24 heavy (non-hydrogen) atoms. The van der Waals surface area contributed by atoms with E-state index in [0.717, 1.165) is 24.5 Å². The highest BCUT2D eigenvalue weighted by Gasteiger charge is 2.21. The van der Waals surface area contributed by atoms with Crippen molar-refractivity contribution in [1.82, 2.24) is 10.6 Å². The van der Waals surface area contributed by atoms with Gasteiger partial charge in [-0.1, -0.05) is 12.1 Å². The molecule has 0 saturated heterocycles. The summed E-state index contributed by atoms with van der Waals surface area (Å²) in [4.78, 5) is 4.54. The molecular weight excluding hydrogens is 306 g/mol. The molecule has 3 N–H and O–H groups in total. The maximum absolute atomic E-state index is 9.97. The molecule has 0 heterocycles. The maximum Gasteiger partial charge on any atom is 0.191 e. The van der Waals surface area contributed by atoms with Gasteiger partial charge in [-0.2, -0.15) is 0 Å². The Hall–Kier alpha value is -1.79. The lowest BCUT2D eigenvalue weighted by Crippen LogP contribution is -2.42. The molecule has 2 rings (SSSR count). The molecular formula is C18H29N3O3. The third kappa shape index (κ3) is 7.19. The van der Waals surface area contributed by atoms with E-state index in [2.05, 4.69) is 15.6 Å². The van der Waals surface area contributed by atoms with Gasteiger partial charge in [0.25, 0.3) is 0 Å². The first-order valence-electron chi connectivity index (χ1n) is 8.62. The van der Waals surface area contributed by atoms with Gasteiger partial charge >= 0.3 is 0 Å². The number of nitrogens with zero attached hydrogens (tertiary/aromatic N) is 1. The zero-order valence-electron chi connectivity index (χ0n) is 14.6. The first kappa shape index (κ1) is 18.5. The lowest BCUT2D eigenvalue weighted by molar-refractivity contribution is 0.0345. The quantitative estimate of drug-likeness (QED) is 0.447. The van der Waals surface area contributed by atoms with Crippen LogP contribution in [0.25, 0.3) is 0 Å². The average Bonchev–Trinajstić information content (AvgIpc) is 3.42. The van der Waals surface area contributed by atoms with Crippen molar-refractivity contribution in [2.24, 2.45) is 10.9 Å². The topological polar surface area (TPSA) is 75.1 Å². The van der Waals surface area contributed by atoms with Gasteiger partial charge in [0, 0.05) is 19.7 Å². The summed E-state index contributed by atoms with van der Waals surface area (Å²) in [7, 11) is 1.65. The van der Waals surface area contributed by atoms with Crippen LogP contribution in [0.5, 0.6) is 5.75 Å². The SMILES string of the molecule is CCNC(=NCc1cccc(OC)c1)NCC(O)COCC1CC1. The average molecular weight is 335 g/mol. The molecule has 6 heteroatoms. The van der Waals surface area contributed by atoms with Crippen molar-refractivity contribution < 1.29 is 14.6 Å². The highest BCUT2D eigenvalue weighted by Crippen LogP contribution is 2.28. The van der Waals surface area contributed by atoms with Gasteiger partial charge in [0.15, 0.2) is 5.96 Å². The Morgan fingerprint density at radius 3 is 2.92 bits per heavy atom. The summed E-state index contributed by atoms with van der Waals surface area (Å²) in [6, 6.07) is 7.84. The van der Waals surface area contributed by atoms with E-state index in [4.69, 9.17) is 9.47 Å². The summed E-state index contributed by atoms with van der Waals surface area (Å²) < 4.78 is 10.7. The van der Waals surface area contributed by atoms with Crippen molar-refractivity contribution in [2.45, 2.75) is 32.4 Å². The van der Waals surface area contributed by atoms with Crippen molar-refractivity contribution in [3.8, 4) is 5.75 Å². The monoisotopic (exact) mass is 335 g/mol. The Kier molecular flexibility index (Phi) is 7.85. The van der Waals surface area contributed by atoms with E-state index in [9.17, 15) is 5.11 Å². The largest absolute Gasteiger partial charge is 0.497 e. The number of rotatable bonds is 10. The fourth-order valence-corrected chi connectivity index (χ4v) is 2.21. The molecule has 1 saturated carbocycles. The predicted molar refractivity (Wildman–Crippen MR) is 95.4 cm³/mol. The van der Waals surface area contributed by atoms with Gasteiger partial charge in [-0.15, -0.1) is 0 Å². The second kappa shape index (κ2) is 10.2. The van der Waals surface area contributed by atoms with Crippen LogP contribution in [0.3, 0.4) is 0 Å². The molecule has 0 radical (unpaired) electrons. The first-order valence-corrected chi connectivity index (χ1v) is 8.62. The minimum atomic E-state index is -0.538. The molecule has 0 aromatic heterocycles. The summed E-state index contributed by atoms with van der Waals surface area (Å²) >= 11 is 0. The highest BCUT2D eigenvalue weighted by atomic mass is 16.5. The minimum Gasteiger partial charge on any atom is -0.497 e. The van der Waals surface area contributed by atoms with Crippen LogP contribution in [0.1, 0.15) is 25.3 Å². The van der Waals surface area contributed by atoms with Crippen LogP contribution >= 0.6 is 0 Å². The van der Waals surface area contributed by atoms with Crippen LogP contribution < -0.4 is 15.4 Å². The van der Waals surface area contributed by atoms with Crippen molar-refractivity contribution in [3.63, 3.8) is 0 Å². The van der Waals surface area contributed by atoms with Gasteiger partial charge in [-0.05, 0) is 43.4 Å². The number of methoxy groups -OCH3 is 1. The lowest BCUT2D eigenvalue weighted by Gasteiger charge is -2.15. The van der Waals surface area contributed by atoms with Crippen LogP contribution in [0, 0.1) is 5.92 Å². The molecule has 0 amide bonds. The third-order valence-electron chi connectivity index (χ3n) is 3.76. The smallest absolute Gasteiger partial charge is 0.191 e. The Balaban J connectivity index is 1.76. The number of aliphatic imine (C=N–C) groups is 1. The van der Waals surface area contributed by atoms with Crippen LogP contribution in [-0.4, -0.2) is 50.6 Å². The summed E-state index contributed by atoms with van der Waals surface area (Å²) in [6.45, 7) is 4.85. The molecule has 1 fully saturated rings. The van der Waals surface area contributed by atoms with Gasteiger partial charge in [-0.3, -0.25) is 0 Å². The number of aliphatic hydroxyl groups excluding tert-OH is 1. The standard InChI is InChI=1S/C18H29N3O3/c1-3-19-18(20-10-15-5-4-6-17(9-15)23-2)21-11-16(22)13-24-12-14-7-8-14/h4-6,9,14,16,22H,3,7-8,10-13H2,1-2H3,(H2,19,20,21). The van der Waals surface area contributed by atoms with Crippen molar-refractivity contribution >= 4 is 5.96 Å². The summed E-state index contributed by atoms with van der Waals surface area (Å²) in [5.74, 6) is 2.22. The highest BCUT2D eigenvalue weighted by molar-refractivity contribution is 5.79. The van der Waals surface area contributed by atoms with Gasteiger partial charge in [-0.25, -0.2) is 4.99 Å². The second-order valence-corrected chi connectivity index (χ2v) is 6.06. The Morgan fingerprint density at radius 2 is 2.21 bits per heavy atom. The van der Waals surface area contributed by atoms with Gasteiger partial charge in [0.05, 0.1) is 26.4 Å². The van der Waals surface area contributed by atoms with Gasteiger partial charge in [0.1, 0.15) is 5.75 Å². The van der Waals surface area contributed by atoms with Gasteiger partial charge in [0.2, 0.25) is 0 Å². The molecule has 1 unspecified atom stereocenters. The maximum atomic E-state index is 9.97. The van der Waals surface area contributed by atoms with E-state index in [1.54, 1.807) is 7.11 Å². The number of hydrogen-bond acceptors (Lipinski definition) is 4. The predicted octanol–water partition coefficient (Wildman–Crippen LogP) is 1.54. The summed E-state index contributed by atoms with van der Waals surface area (Å²) in [6.07, 6.45) is 1.98.